The summed E-state index contributed by atoms with van der Waals surface area (Å²) in [6, 6.07) is 15.5. The highest BCUT2D eigenvalue weighted by Crippen LogP contribution is 2.36. The Bertz CT molecular complexity index is 1050. The van der Waals surface area contributed by atoms with Gasteiger partial charge in [-0.15, -0.1) is 0 Å². The van der Waals surface area contributed by atoms with Crippen molar-refractivity contribution in [2.45, 2.75) is 25.8 Å². The number of nitrogens with one attached hydrogen (secondary N) is 2. The van der Waals surface area contributed by atoms with Crippen molar-refractivity contribution in [3.05, 3.63) is 66.1 Å². The fourth-order valence-electron chi connectivity index (χ4n) is 3.64. The van der Waals surface area contributed by atoms with Crippen LogP contribution in [-0.4, -0.2) is 35.0 Å². The number of rotatable bonds is 5. The van der Waals surface area contributed by atoms with Gasteiger partial charge in [0.25, 0.3) is 0 Å². The van der Waals surface area contributed by atoms with Crippen LogP contribution in [0.1, 0.15) is 11.4 Å². The molecular weight excluding hydrogens is 384 g/mol. The molecule has 2 amide bonds. The Morgan fingerprint density at radius 3 is 2.87 bits per heavy atom. The van der Waals surface area contributed by atoms with Gasteiger partial charge >= 0.3 is 6.03 Å². The Balaban J connectivity index is 1.20. The maximum atomic E-state index is 12.1. The maximum absolute atomic E-state index is 12.1. The zero-order chi connectivity index (χ0) is 20.3. The summed E-state index contributed by atoms with van der Waals surface area (Å²) in [6.07, 6.45) is 1.71. The van der Waals surface area contributed by atoms with Crippen molar-refractivity contribution in [2.24, 2.45) is 0 Å². The standard InChI is InChI=1S/C22H22N4O4/c27-22(24-9-15-4-2-1-3-5-15)25-10-17-12-26-18(11-23-21(26)13-28-17)16-6-7-19-20(8-16)30-14-29-19/h1-8,11,17H,9-10,12-14H2,(H2,24,25,27). The third kappa shape index (κ3) is 3.81. The van der Waals surface area contributed by atoms with E-state index >= 15 is 0 Å². The van der Waals surface area contributed by atoms with Crippen molar-refractivity contribution < 1.29 is 19.0 Å². The van der Waals surface area contributed by atoms with Crippen LogP contribution in [0.15, 0.2) is 54.7 Å². The monoisotopic (exact) mass is 406 g/mol. The lowest BCUT2D eigenvalue weighted by Gasteiger charge is -2.26. The van der Waals surface area contributed by atoms with Crippen molar-refractivity contribution >= 4 is 6.03 Å². The maximum Gasteiger partial charge on any atom is 0.315 e. The van der Waals surface area contributed by atoms with Gasteiger partial charge in [-0.2, -0.15) is 0 Å². The summed E-state index contributed by atoms with van der Waals surface area (Å²) in [4.78, 5) is 16.6. The second kappa shape index (κ2) is 8.08. The van der Waals surface area contributed by atoms with Crippen molar-refractivity contribution in [3.63, 3.8) is 0 Å². The lowest BCUT2D eigenvalue weighted by molar-refractivity contribution is 0.00492. The molecule has 2 aliphatic rings. The molecule has 1 atom stereocenters. The van der Waals surface area contributed by atoms with E-state index in [0.717, 1.165) is 34.1 Å². The van der Waals surface area contributed by atoms with E-state index in [1.165, 1.54) is 0 Å². The number of urea groups is 1. The van der Waals surface area contributed by atoms with Gasteiger partial charge in [0.1, 0.15) is 12.4 Å². The quantitative estimate of drug-likeness (QED) is 0.680. The average Bonchev–Trinajstić information content (AvgIpc) is 3.43. The number of carbonyl (C=O) groups is 1. The topological polar surface area (TPSA) is 86.6 Å². The molecule has 2 N–H and O–H groups in total. The fourth-order valence-corrected chi connectivity index (χ4v) is 3.64. The minimum atomic E-state index is -0.213. The predicted octanol–water partition coefficient (Wildman–Crippen LogP) is 2.68. The molecule has 2 aliphatic heterocycles. The second-order valence-corrected chi connectivity index (χ2v) is 7.22. The van der Waals surface area contributed by atoms with E-state index in [-0.39, 0.29) is 18.9 Å². The van der Waals surface area contributed by atoms with Crippen molar-refractivity contribution in [1.29, 1.82) is 0 Å². The van der Waals surface area contributed by atoms with Crippen LogP contribution in [0.2, 0.25) is 0 Å². The average molecular weight is 406 g/mol. The molecule has 0 radical (unpaired) electrons. The van der Waals surface area contributed by atoms with Gasteiger partial charge in [-0.05, 0) is 23.8 Å². The normalized spacial score (nSPS) is 16.7. The molecule has 8 nitrogen and oxygen atoms in total. The van der Waals surface area contributed by atoms with Gasteiger partial charge in [0.15, 0.2) is 11.5 Å². The summed E-state index contributed by atoms with van der Waals surface area (Å²) in [7, 11) is 0. The molecule has 3 aromatic rings. The molecule has 8 heteroatoms. The largest absolute Gasteiger partial charge is 0.454 e. The van der Waals surface area contributed by atoms with Gasteiger partial charge in [0.05, 0.1) is 24.5 Å². The molecule has 1 unspecified atom stereocenters. The molecule has 0 fully saturated rings. The summed E-state index contributed by atoms with van der Waals surface area (Å²) in [5.74, 6) is 2.36. The van der Waals surface area contributed by atoms with E-state index in [1.807, 2.05) is 54.7 Å². The fraction of sp³-hybridized carbons (Fsp3) is 0.273. The Morgan fingerprint density at radius 2 is 1.97 bits per heavy atom. The number of nitrogens with zero attached hydrogens (tertiary/aromatic N) is 2. The molecule has 3 heterocycles. The van der Waals surface area contributed by atoms with Crippen LogP contribution in [0.5, 0.6) is 11.5 Å². The smallest absolute Gasteiger partial charge is 0.315 e. The first-order valence-electron chi connectivity index (χ1n) is 9.88. The van der Waals surface area contributed by atoms with Crippen LogP contribution in [0.25, 0.3) is 11.3 Å². The molecule has 1 aromatic heterocycles. The zero-order valence-electron chi connectivity index (χ0n) is 16.3. The van der Waals surface area contributed by atoms with Crippen LogP contribution < -0.4 is 20.1 Å². The highest BCUT2D eigenvalue weighted by atomic mass is 16.7. The number of hydrogen-bond donors (Lipinski definition) is 2. The first kappa shape index (κ1) is 18.5. The first-order valence-corrected chi connectivity index (χ1v) is 9.88. The highest BCUT2D eigenvalue weighted by molar-refractivity contribution is 5.73. The molecule has 5 rings (SSSR count). The minimum absolute atomic E-state index is 0.137. The summed E-state index contributed by atoms with van der Waals surface area (Å²) in [6.45, 7) is 2.16. The Morgan fingerprint density at radius 1 is 1.10 bits per heavy atom. The number of aromatic nitrogens is 2. The van der Waals surface area contributed by atoms with Gasteiger partial charge in [-0.3, -0.25) is 0 Å². The number of carbonyl (C=O) groups excluding carboxylic acids is 1. The molecule has 0 saturated carbocycles. The first-order chi connectivity index (χ1) is 14.8. The minimum Gasteiger partial charge on any atom is -0.454 e. The van der Waals surface area contributed by atoms with Crippen LogP contribution in [0.3, 0.4) is 0 Å². The van der Waals surface area contributed by atoms with E-state index < -0.39 is 0 Å². The third-order valence-electron chi connectivity index (χ3n) is 5.23. The van der Waals surface area contributed by atoms with Gasteiger partial charge < -0.3 is 29.4 Å². The zero-order valence-corrected chi connectivity index (χ0v) is 16.3. The van der Waals surface area contributed by atoms with Gasteiger partial charge in [-0.25, -0.2) is 9.78 Å². The number of fused-ring (bicyclic) bond motifs is 2. The predicted molar refractivity (Wildman–Crippen MR) is 109 cm³/mol. The number of ether oxygens (including phenoxy) is 3. The summed E-state index contributed by atoms with van der Waals surface area (Å²) >= 11 is 0. The molecule has 30 heavy (non-hydrogen) atoms. The Hall–Kier alpha value is -3.52. The number of benzene rings is 2. The summed E-state index contributed by atoms with van der Waals surface area (Å²) in [5, 5.41) is 5.76. The van der Waals surface area contributed by atoms with Crippen LogP contribution in [-0.2, 0) is 24.4 Å². The van der Waals surface area contributed by atoms with E-state index in [9.17, 15) is 4.79 Å². The molecular formula is C22H22N4O4. The molecule has 0 saturated heterocycles. The molecule has 0 aliphatic carbocycles. The van der Waals surface area contributed by atoms with Gasteiger partial charge in [0, 0.05) is 18.7 Å². The third-order valence-corrected chi connectivity index (χ3v) is 5.23. The number of hydrogen-bond acceptors (Lipinski definition) is 5. The second-order valence-electron chi connectivity index (χ2n) is 7.22. The van der Waals surface area contributed by atoms with Crippen molar-refractivity contribution in [2.75, 3.05) is 13.3 Å². The highest BCUT2D eigenvalue weighted by Gasteiger charge is 2.24. The SMILES string of the molecule is O=C(NCc1ccccc1)NCC1Cn2c(-c3ccc4c(c3)OCO4)cnc2CO1. The van der Waals surface area contributed by atoms with E-state index in [0.29, 0.717) is 26.2 Å². The lowest BCUT2D eigenvalue weighted by Crippen LogP contribution is -2.43. The molecule has 2 aromatic carbocycles. The molecule has 154 valence electrons. The van der Waals surface area contributed by atoms with Crippen LogP contribution in [0.4, 0.5) is 4.79 Å². The molecule has 0 bridgehead atoms. The lowest BCUT2D eigenvalue weighted by atomic mass is 10.1. The summed E-state index contributed by atoms with van der Waals surface area (Å²) < 4.78 is 18.9. The summed E-state index contributed by atoms with van der Waals surface area (Å²) in [5.41, 5.74) is 3.05. The van der Waals surface area contributed by atoms with E-state index in [4.69, 9.17) is 14.2 Å². The van der Waals surface area contributed by atoms with Crippen LogP contribution >= 0.6 is 0 Å². The van der Waals surface area contributed by atoms with Gasteiger partial charge in [-0.1, -0.05) is 30.3 Å². The number of imidazole rings is 1. The van der Waals surface area contributed by atoms with Crippen LogP contribution in [0, 0.1) is 0 Å². The van der Waals surface area contributed by atoms with Crippen molar-refractivity contribution in [3.8, 4) is 22.8 Å². The molecule has 0 spiro atoms. The van der Waals surface area contributed by atoms with Gasteiger partial charge in [0.2, 0.25) is 6.79 Å². The Kier molecular flexibility index (Phi) is 4.98. The van der Waals surface area contributed by atoms with E-state index in [1.54, 1.807) is 0 Å². The van der Waals surface area contributed by atoms with Crippen molar-refractivity contribution in [1.82, 2.24) is 20.2 Å². The van der Waals surface area contributed by atoms with E-state index in [2.05, 4.69) is 20.2 Å². The number of amides is 2. The Labute approximate surface area is 173 Å².